The van der Waals surface area contributed by atoms with Crippen molar-refractivity contribution >= 4 is 39.1 Å². The van der Waals surface area contributed by atoms with Crippen LogP contribution in [0.1, 0.15) is 10.5 Å². The van der Waals surface area contributed by atoms with E-state index in [1.165, 1.54) is 29.1 Å². The minimum absolute atomic E-state index is 0.178. The fourth-order valence-corrected chi connectivity index (χ4v) is 2.08. The van der Waals surface area contributed by atoms with Crippen molar-refractivity contribution in [3.63, 3.8) is 0 Å². The van der Waals surface area contributed by atoms with Gasteiger partial charge in [-0.3, -0.25) is 9.59 Å². The molecule has 7 heteroatoms. The Kier molecular flexibility index (Phi) is 4.01. The Morgan fingerprint density at radius 2 is 2.21 bits per heavy atom. The lowest BCUT2D eigenvalue weighted by Crippen LogP contribution is -2.20. The van der Waals surface area contributed by atoms with Gasteiger partial charge in [-0.1, -0.05) is 11.6 Å². The predicted molar refractivity (Wildman–Crippen MR) is 76.6 cm³/mol. The second-order valence-electron chi connectivity index (χ2n) is 3.81. The van der Waals surface area contributed by atoms with Crippen molar-refractivity contribution in [3.05, 3.63) is 56.1 Å². The summed E-state index contributed by atoms with van der Waals surface area (Å²) in [6.07, 6.45) is 2.92. The average molecular weight is 343 g/mol. The van der Waals surface area contributed by atoms with Gasteiger partial charge in [0.25, 0.3) is 11.5 Å². The molecule has 0 aromatic carbocycles. The third kappa shape index (κ3) is 3.21. The van der Waals surface area contributed by atoms with Gasteiger partial charge in [-0.2, -0.15) is 0 Å². The molecule has 98 valence electrons. The molecule has 0 saturated heterocycles. The number of hydrogen-bond donors (Lipinski definition) is 1. The number of nitrogens with one attached hydrogen (secondary N) is 1. The number of hydrogen-bond acceptors (Lipinski definition) is 3. The van der Waals surface area contributed by atoms with Crippen LogP contribution >= 0.6 is 27.5 Å². The molecule has 1 amide bonds. The summed E-state index contributed by atoms with van der Waals surface area (Å²) in [5, 5.41) is 3.11. The molecule has 19 heavy (non-hydrogen) atoms. The lowest BCUT2D eigenvalue weighted by molar-refractivity contribution is 0.102. The van der Waals surface area contributed by atoms with Crippen LogP contribution in [0.25, 0.3) is 0 Å². The summed E-state index contributed by atoms with van der Waals surface area (Å²) in [5.74, 6) is -0.373. The SMILES string of the molecule is Cn1cc(NC(=O)c2ccc(Cl)cn2)cc(Br)c1=O. The van der Waals surface area contributed by atoms with E-state index in [1.807, 2.05) is 0 Å². The number of amides is 1. The molecule has 2 rings (SSSR count). The third-order valence-electron chi connectivity index (χ3n) is 2.36. The molecular weight excluding hydrogens is 334 g/mol. The monoisotopic (exact) mass is 341 g/mol. The van der Waals surface area contributed by atoms with Gasteiger partial charge in [-0.05, 0) is 34.1 Å². The fourth-order valence-electron chi connectivity index (χ4n) is 1.44. The van der Waals surface area contributed by atoms with Crippen molar-refractivity contribution < 1.29 is 4.79 Å². The zero-order chi connectivity index (χ0) is 14.0. The maximum Gasteiger partial charge on any atom is 0.274 e. The summed E-state index contributed by atoms with van der Waals surface area (Å²) in [4.78, 5) is 27.3. The van der Waals surface area contributed by atoms with Crippen LogP contribution in [-0.2, 0) is 7.05 Å². The summed E-state index contributed by atoms with van der Waals surface area (Å²) in [7, 11) is 1.60. The van der Waals surface area contributed by atoms with Crippen LogP contribution < -0.4 is 10.9 Å². The molecule has 1 N–H and O–H groups in total. The van der Waals surface area contributed by atoms with Gasteiger partial charge in [0.15, 0.2) is 0 Å². The van der Waals surface area contributed by atoms with Gasteiger partial charge in [0.1, 0.15) is 5.69 Å². The first-order chi connectivity index (χ1) is 8.97. The fraction of sp³-hybridized carbons (Fsp3) is 0.0833. The Morgan fingerprint density at radius 3 is 2.79 bits per heavy atom. The van der Waals surface area contributed by atoms with E-state index < -0.39 is 0 Å². The summed E-state index contributed by atoms with van der Waals surface area (Å²) in [6.45, 7) is 0. The molecule has 0 aliphatic carbocycles. The van der Waals surface area contributed by atoms with Crippen LogP contribution in [0.5, 0.6) is 0 Å². The summed E-state index contributed by atoms with van der Waals surface area (Å²) < 4.78 is 1.74. The van der Waals surface area contributed by atoms with Gasteiger partial charge in [0.05, 0.1) is 15.2 Å². The highest BCUT2D eigenvalue weighted by Crippen LogP contribution is 2.13. The van der Waals surface area contributed by atoms with E-state index in [-0.39, 0.29) is 17.2 Å². The Morgan fingerprint density at radius 1 is 1.47 bits per heavy atom. The van der Waals surface area contributed by atoms with Crippen LogP contribution in [-0.4, -0.2) is 15.5 Å². The molecule has 0 aliphatic rings. The smallest absolute Gasteiger partial charge is 0.274 e. The van der Waals surface area contributed by atoms with Crippen LogP contribution in [0.15, 0.2) is 39.9 Å². The molecule has 0 radical (unpaired) electrons. The summed E-state index contributed by atoms with van der Waals surface area (Å²) in [6, 6.07) is 4.64. The van der Waals surface area contributed by atoms with E-state index >= 15 is 0 Å². The molecule has 0 fully saturated rings. The lowest BCUT2D eigenvalue weighted by atomic mass is 10.3. The number of aryl methyl sites for hydroxylation is 1. The predicted octanol–water partition coefficient (Wildman–Crippen LogP) is 2.45. The molecule has 2 heterocycles. The van der Waals surface area contributed by atoms with Gasteiger partial charge < -0.3 is 9.88 Å². The Labute approximate surface area is 122 Å². The molecule has 0 spiro atoms. The normalized spacial score (nSPS) is 10.3. The number of carbonyl (C=O) groups excluding carboxylic acids is 1. The lowest BCUT2D eigenvalue weighted by Gasteiger charge is -2.07. The maximum atomic E-state index is 11.9. The Bertz CT molecular complexity index is 656. The van der Waals surface area contributed by atoms with E-state index in [0.29, 0.717) is 15.2 Å². The Hall–Kier alpha value is -1.66. The minimum Gasteiger partial charge on any atom is -0.319 e. The average Bonchev–Trinajstić information content (AvgIpc) is 2.36. The van der Waals surface area contributed by atoms with E-state index in [4.69, 9.17) is 11.6 Å². The van der Waals surface area contributed by atoms with E-state index in [9.17, 15) is 9.59 Å². The summed E-state index contributed by atoms with van der Waals surface area (Å²) >= 11 is 8.83. The molecule has 0 saturated carbocycles. The van der Waals surface area contributed by atoms with E-state index in [1.54, 1.807) is 13.1 Å². The first-order valence-corrected chi connectivity index (χ1v) is 6.43. The first kappa shape index (κ1) is 13.8. The second kappa shape index (κ2) is 5.54. The van der Waals surface area contributed by atoms with Gasteiger partial charge in [-0.25, -0.2) is 4.98 Å². The number of aromatic nitrogens is 2. The van der Waals surface area contributed by atoms with Crippen molar-refractivity contribution in [2.24, 2.45) is 7.05 Å². The number of pyridine rings is 2. The highest BCUT2D eigenvalue weighted by molar-refractivity contribution is 9.10. The molecule has 2 aromatic heterocycles. The zero-order valence-corrected chi connectivity index (χ0v) is 12.2. The van der Waals surface area contributed by atoms with Gasteiger partial charge >= 0.3 is 0 Å². The van der Waals surface area contributed by atoms with Crippen molar-refractivity contribution in [2.45, 2.75) is 0 Å². The third-order valence-corrected chi connectivity index (χ3v) is 3.15. The molecule has 0 unspecified atom stereocenters. The molecule has 0 atom stereocenters. The van der Waals surface area contributed by atoms with E-state index in [2.05, 4.69) is 26.2 Å². The molecule has 2 aromatic rings. The van der Waals surface area contributed by atoms with Crippen LogP contribution in [0.4, 0.5) is 5.69 Å². The quantitative estimate of drug-likeness (QED) is 0.912. The minimum atomic E-state index is -0.373. The Balaban J connectivity index is 2.24. The topological polar surface area (TPSA) is 64.0 Å². The highest BCUT2D eigenvalue weighted by Gasteiger charge is 2.09. The molecule has 5 nitrogen and oxygen atoms in total. The number of halogens is 2. The maximum absolute atomic E-state index is 11.9. The van der Waals surface area contributed by atoms with Gasteiger partial charge in [-0.15, -0.1) is 0 Å². The number of anilines is 1. The van der Waals surface area contributed by atoms with Crippen LogP contribution in [0.3, 0.4) is 0 Å². The summed E-state index contributed by atoms with van der Waals surface area (Å²) in [5.41, 5.74) is 0.563. The highest BCUT2D eigenvalue weighted by atomic mass is 79.9. The van der Waals surface area contributed by atoms with Gasteiger partial charge in [0.2, 0.25) is 0 Å². The number of carbonyl (C=O) groups is 1. The van der Waals surface area contributed by atoms with Crippen molar-refractivity contribution in [2.75, 3.05) is 5.32 Å². The van der Waals surface area contributed by atoms with Crippen molar-refractivity contribution in [1.82, 2.24) is 9.55 Å². The molecular formula is C12H9BrClN3O2. The molecule has 0 aliphatic heterocycles. The first-order valence-electron chi connectivity index (χ1n) is 5.26. The van der Waals surface area contributed by atoms with Crippen molar-refractivity contribution in [3.8, 4) is 0 Å². The number of rotatable bonds is 2. The largest absolute Gasteiger partial charge is 0.319 e. The standard InChI is InChI=1S/C12H9BrClN3O2/c1-17-6-8(4-9(13)12(17)19)16-11(18)10-3-2-7(14)5-15-10/h2-6H,1H3,(H,16,18). The molecule has 0 bridgehead atoms. The second-order valence-corrected chi connectivity index (χ2v) is 5.10. The van der Waals surface area contributed by atoms with E-state index in [0.717, 1.165) is 0 Å². The zero-order valence-electron chi connectivity index (χ0n) is 9.85. The van der Waals surface area contributed by atoms with Crippen LogP contribution in [0.2, 0.25) is 5.02 Å². The number of nitrogens with zero attached hydrogens (tertiary/aromatic N) is 2. The van der Waals surface area contributed by atoms with Gasteiger partial charge in [0, 0.05) is 19.4 Å². The van der Waals surface area contributed by atoms with Crippen LogP contribution in [0, 0.1) is 0 Å². The van der Waals surface area contributed by atoms with Crippen molar-refractivity contribution in [1.29, 1.82) is 0 Å².